The molecular weight excluding hydrogens is 342 g/mol. The summed E-state index contributed by atoms with van der Waals surface area (Å²) in [6.07, 6.45) is 3.20. The molecule has 3 aromatic rings. The van der Waals surface area contributed by atoms with Crippen LogP contribution in [0, 0.1) is 13.8 Å². The Labute approximate surface area is 158 Å². The van der Waals surface area contributed by atoms with Crippen LogP contribution in [0.4, 0.5) is 5.82 Å². The number of hydrogen-bond donors (Lipinski definition) is 1. The van der Waals surface area contributed by atoms with Crippen molar-refractivity contribution < 1.29 is 13.9 Å². The summed E-state index contributed by atoms with van der Waals surface area (Å²) in [6, 6.07) is 8.61. The van der Waals surface area contributed by atoms with Gasteiger partial charge in [0.25, 0.3) is 0 Å². The highest BCUT2D eigenvalue weighted by atomic mass is 16.5. The highest BCUT2D eigenvalue weighted by Gasteiger charge is 2.27. The van der Waals surface area contributed by atoms with Crippen LogP contribution in [0.5, 0.6) is 0 Å². The van der Waals surface area contributed by atoms with E-state index in [9.17, 15) is 4.79 Å². The van der Waals surface area contributed by atoms with Crippen molar-refractivity contribution in [2.24, 2.45) is 0 Å². The van der Waals surface area contributed by atoms with Gasteiger partial charge in [-0.2, -0.15) is 4.98 Å². The van der Waals surface area contributed by atoms with Crippen molar-refractivity contribution in [1.29, 1.82) is 0 Å². The number of benzene rings is 1. The van der Waals surface area contributed by atoms with E-state index in [-0.39, 0.29) is 6.04 Å². The molecule has 0 bridgehead atoms. The summed E-state index contributed by atoms with van der Waals surface area (Å²) in [5.41, 5.74) is 3.46. The minimum absolute atomic E-state index is 0.137. The molecule has 1 aliphatic rings. The smallest absolute Gasteiger partial charge is 0.342 e. The van der Waals surface area contributed by atoms with E-state index in [2.05, 4.69) is 39.6 Å². The molecule has 140 valence electrons. The van der Waals surface area contributed by atoms with Gasteiger partial charge < -0.3 is 14.5 Å². The molecule has 6 heteroatoms. The molecule has 1 aromatic carbocycles. The maximum atomic E-state index is 12.5. The lowest BCUT2D eigenvalue weighted by Gasteiger charge is -2.27. The third kappa shape index (κ3) is 3.16. The van der Waals surface area contributed by atoms with Crippen LogP contribution in [-0.4, -0.2) is 22.5 Å². The molecule has 0 fully saturated rings. The molecule has 0 spiro atoms. The molecule has 1 aliphatic carbocycles. The molecule has 27 heavy (non-hydrogen) atoms. The van der Waals surface area contributed by atoms with Gasteiger partial charge in [-0.25, -0.2) is 9.78 Å². The zero-order valence-corrected chi connectivity index (χ0v) is 15.8. The molecule has 2 heterocycles. The van der Waals surface area contributed by atoms with Crippen LogP contribution in [0.1, 0.15) is 58.9 Å². The van der Waals surface area contributed by atoms with E-state index in [1.54, 1.807) is 13.8 Å². The van der Waals surface area contributed by atoms with Crippen molar-refractivity contribution in [2.75, 3.05) is 11.9 Å². The number of aromatic nitrogens is 2. The fraction of sp³-hybridized carbons (Fsp3) is 0.381. The second kappa shape index (κ2) is 7.02. The number of aryl methyl sites for hydroxylation is 3. The number of ether oxygens (including phenoxy) is 1. The van der Waals surface area contributed by atoms with Crippen LogP contribution in [-0.2, 0) is 11.2 Å². The SMILES string of the molecule is CCOC(=O)c1c(C)oc2nc(C)nc(NC3CCCc4ccccc43)c12. The van der Waals surface area contributed by atoms with Gasteiger partial charge in [-0.1, -0.05) is 24.3 Å². The van der Waals surface area contributed by atoms with Crippen LogP contribution >= 0.6 is 0 Å². The first-order valence-corrected chi connectivity index (χ1v) is 9.37. The average molecular weight is 365 g/mol. The lowest BCUT2D eigenvalue weighted by atomic mass is 9.87. The van der Waals surface area contributed by atoms with Gasteiger partial charge in [0, 0.05) is 0 Å². The van der Waals surface area contributed by atoms with Gasteiger partial charge in [0.05, 0.1) is 18.0 Å². The summed E-state index contributed by atoms with van der Waals surface area (Å²) >= 11 is 0. The highest BCUT2D eigenvalue weighted by molar-refractivity contribution is 6.07. The van der Waals surface area contributed by atoms with Crippen LogP contribution in [0.3, 0.4) is 0 Å². The number of anilines is 1. The number of nitrogens with one attached hydrogen (secondary N) is 1. The zero-order chi connectivity index (χ0) is 19.0. The van der Waals surface area contributed by atoms with Gasteiger partial charge in [0.2, 0.25) is 5.71 Å². The van der Waals surface area contributed by atoms with Crippen molar-refractivity contribution in [3.05, 3.63) is 52.5 Å². The molecule has 0 aliphatic heterocycles. The predicted octanol–water partition coefficient (Wildman–Crippen LogP) is 4.51. The van der Waals surface area contributed by atoms with E-state index < -0.39 is 5.97 Å². The maximum absolute atomic E-state index is 12.5. The summed E-state index contributed by atoms with van der Waals surface area (Å²) in [4.78, 5) is 21.5. The lowest BCUT2D eigenvalue weighted by molar-refractivity contribution is 0.0526. The van der Waals surface area contributed by atoms with E-state index in [1.807, 2.05) is 6.92 Å². The minimum Gasteiger partial charge on any atom is -0.462 e. The fourth-order valence-corrected chi connectivity index (χ4v) is 3.84. The van der Waals surface area contributed by atoms with Crippen LogP contribution < -0.4 is 5.32 Å². The number of fused-ring (bicyclic) bond motifs is 2. The summed E-state index contributed by atoms with van der Waals surface area (Å²) < 4.78 is 11.0. The van der Waals surface area contributed by atoms with Crippen LogP contribution in [0.2, 0.25) is 0 Å². The first-order chi connectivity index (χ1) is 13.1. The monoisotopic (exact) mass is 365 g/mol. The van der Waals surface area contributed by atoms with Gasteiger partial charge in [-0.15, -0.1) is 0 Å². The van der Waals surface area contributed by atoms with Crippen molar-refractivity contribution in [3.8, 4) is 0 Å². The maximum Gasteiger partial charge on any atom is 0.342 e. The summed E-state index contributed by atoms with van der Waals surface area (Å²) in [5, 5.41) is 4.15. The summed E-state index contributed by atoms with van der Waals surface area (Å²) in [7, 11) is 0. The van der Waals surface area contributed by atoms with Crippen molar-refractivity contribution in [1.82, 2.24) is 9.97 Å². The molecule has 1 atom stereocenters. The Morgan fingerprint density at radius 3 is 2.93 bits per heavy atom. The van der Waals surface area contributed by atoms with Gasteiger partial charge >= 0.3 is 5.97 Å². The van der Waals surface area contributed by atoms with Crippen LogP contribution in [0.15, 0.2) is 28.7 Å². The Morgan fingerprint density at radius 2 is 2.11 bits per heavy atom. The Morgan fingerprint density at radius 1 is 1.30 bits per heavy atom. The first-order valence-electron chi connectivity index (χ1n) is 9.37. The number of rotatable bonds is 4. The zero-order valence-electron chi connectivity index (χ0n) is 15.8. The molecule has 4 rings (SSSR count). The van der Waals surface area contributed by atoms with Gasteiger partial charge in [0.15, 0.2) is 0 Å². The Kier molecular flexibility index (Phi) is 4.56. The summed E-state index contributed by atoms with van der Waals surface area (Å²) in [6.45, 7) is 5.66. The molecule has 1 N–H and O–H groups in total. The van der Waals surface area contributed by atoms with Gasteiger partial charge in [0.1, 0.15) is 23.0 Å². The van der Waals surface area contributed by atoms with Crippen molar-refractivity contribution in [3.63, 3.8) is 0 Å². The van der Waals surface area contributed by atoms with E-state index >= 15 is 0 Å². The molecule has 6 nitrogen and oxygen atoms in total. The molecule has 1 unspecified atom stereocenters. The predicted molar refractivity (Wildman–Crippen MR) is 103 cm³/mol. The number of carbonyl (C=O) groups excluding carboxylic acids is 1. The molecule has 0 saturated carbocycles. The van der Waals surface area contributed by atoms with E-state index in [0.29, 0.717) is 40.7 Å². The van der Waals surface area contributed by atoms with E-state index in [0.717, 1.165) is 19.3 Å². The number of esters is 1. The van der Waals surface area contributed by atoms with Crippen molar-refractivity contribution in [2.45, 2.75) is 46.1 Å². The molecule has 0 radical (unpaired) electrons. The number of furan rings is 1. The standard InChI is InChI=1S/C21H23N3O3/c1-4-26-21(25)17-12(2)27-20-18(17)19(22-13(3)23-20)24-16-11-7-9-14-8-5-6-10-15(14)16/h5-6,8,10,16H,4,7,9,11H2,1-3H3,(H,22,23,24). The number of hydrogen-bond acceptors (Lipinski definition) is 6. The molecule has 0 saturated heterocycles. The first kappa shape index (κ1) is 17.5. The number of nitrogens with zero attached hydrogens (tertiary/aromatic N) is 2. The quantitative estimate of drug-likeness (QED) is 0.686. The van der Waals surface area contributed by atoms with Gasteiger partial charge in [-0.05, 0) is 51.2 Å². The van der Waals surface area contributed by atoms with Crippen LogP contribution in [0.25, 0.3) is 11.1 Å². The molecule has 2 aromatic heterocycles. The largest absolute Gasteiger partial charge is 0.462 e. The van der Waals surface area contributed by atoms with E-state index in [1.165, 1.54) is 11.1 Å². The summed E-state index contributed by atoms with van der Waals surface area (Å²) in [5.74, 6) is 1.31. The Balaban J connectivity index is 1.81. The molecule has 0 amide bonds. The molecular formula is C21H23N3O3. The van der Waals surface area contributed by atoms with Crippen molar-refractivity contribution >= 4 is 22.9 Å². The third-order valence-corrected chi connectivity index (χ3v) is 5.00. The Bertz CT molecular complexity index is 1010. The second-order valence-electron chi connectivity index (χ2n) is 6.84. The average Bonchev–Trinajstić information content (AvgIpc) is 2.98. The second-order valence-corrected chi connectivity index (χ2v) is 6.84. The lowest BCUT2D eigenvalue weighted by Crippen LogP contribution is -2.18. The van der Waals surface area contributed by atoms with E-state index in [4.69, 9.17) is 9.15 Å². The normalized spacial score (nSPS) is 16.2. The number of carbonyl (C=O) groups is 1. The fourth-order valence-electron chi connectivity index (χ4n) is 3.84. The topological polar surface area (TPSA) is 77.2 Å². The van der Waals surface area contributed by atoms with Gasteiger partial charge in [-0.3, -0.25) is 0 Å². The highest BCUT2D eigenvalue weighted by Crippen LogP contribution is 2.36. The third-order valence-electron chi connectivity index (χ3n) is 5.00. The minimum atomic E-state index is -0.409. The Hall–Kier alpha value is -2.89.